The summed E-state index contributed by atoms with van der Waals surface area (Å²) < 4.78 is 0. The van der Waals surface area contributed by atoms with E-state index in [4.69, 9.17) is 0 Å². The zero-order valence-corrected chi connectivity index (χ0v) is 14.9. The summed E-state index contributed by atoms with van der Waals surface area (Å²) >= 11 is 0. The number of nitrogens with one attached hydrogen (secondary N) is 1. The summed E-state index contributed by atoms with van der Waals surface area (Å²) in [4.78, 5) is 27.5. The number of benzene rings is 2. The summed E-state index contributed by atoms with van der Waals surface area (Å²) in [5.74, 6) is -0.340. The molecule has 0 aromatic heterocycles. The molecule has 0 spiro atoms. The molecule has 0 atom stereocenters. The van der Waals surface area contributed by atoms with E-state index in [0.29, 0.717) is 11.3 Å². The lowest BCUT2D eigenvalue weighted by Gasteiger charge is -2.21. The molecule has 26 heavy (non-hydrogen) atoms. The Kier molecular flexibility index (Phi) is 5.06. The Morgan fingerprint density at radius 3 is 2.35 bits per heavy atom. The number of nitro groups is 1. The van der Waals surface area contributed by atoms with Crippen LogP contribution in [0, 0.1) is 10.1 Å². The molecular weight excluding hydrogens is 332 g/mol. The van der Waals surface area contributed by atoms with Crippen LogP contribution < -0.4 is 15.1 Å². The van der Waals surface area contributed by atoms with E-state index in [2.05, 4.69) is 10.2 Å². The number of carbonyl (C=O) groups excluding carboxylic acids is 1. The number of hydrogen-bond donors (Lipinski definition) is 1. The second-order valence-corrected chi connectivity index (χ2v) is 6.55. The van der Waals surface area contributed by atoms with Crippen LogP contribution in [0.3, 0.4) is 0 Å². The van der Waals surface area contributed by atoms with Gasteiger partial charge in [0.2, 0.25) is 0 Å². The SMILES string of the molecule is CN(C)c1ccc(NC(=O)c2cc([N+](=O)[O-])ccc2N2CCCC2)cc1. The highest BCUT2D eigenvalue weighted by Crippen LogP contribution is 2.29. The van der Waals surface area contributed by atoms with Crippen LogP contribution in [-0.2, 0) is 0 Å². The van der Waals surface area contributed by atoms with E-state index in [0.717, 1.165) is 37.3 Å². The van der Waals surface area contributed by atoms with Crippen molar-refractivity contribution in [2.24, 2.45) is 0 Å². The highest BCUT2D eigenvalue weighted by atomic mass is 16.6. The lowest BCUT2D eigenvalue weighted by atomic mass is 10.1. The van der Waals surface area contributed by atoms with Crippen molar-refractivity contribution in [1.29, 1.82) is 0 Å². The molecule has 7 nitrogen and oxygen atoms in total. The Labute approximate surface area is 152 Å². The minimum atomic E-state index is -0.476. The highest BCUT2D eigenvalue weighted by Gasteiger charge is 2.22. The molecule has 1 aliphatic heterocycles. The molecule has 3 rings (SSSR count). The number of carbonyl (C=O) groups is 1. The molecule has 1 N–H and O–H groups in total. The van der Waals surface area contributed by atoms with Crippen molar-refractivity contribution in [3.05, 3.63) is 58.1 Å². The van der Waals surface area contributed by atoms with E-state index in [-0.39, 0.29) is 11.6 Å². The predicted octanol–water partition coefficient (Wildman–Crippen LogP) is 3.51. The lowest BCUT2D eigenvalue weighted by molar-refractivity contribution is -0.384. The predicted molar refractivity (Wildman–Crippen MR) is 103 cm³/mol. The first kappa shape index (κ1) is 17.7. The van der Waals surface area contributed by atoms with Crippen LogP contribution in [-0.4, -0.2) is 38.0 Å². The van der Waals surface area contributed by atoms with Gasteiger partial charge in [0.25, 0.3) is 11.6 Å². The zero-order valence-electron chi connectivity index (χ0n) is 14.9. The Balaban J connectivity index is 1.88. The molecule has 1 aliphatic rings. The normalized spacial score (nSPS) is 13.5. The topological polar surface area (TPSA) is 78.7 Å². The largest absolute Gasteiger partial charge is 0.378 e. The van der Waals surface area contributed by atoms with Gasteiger partial charge in [-0.1, -0.05) is 0 Å². The van der Waals surface area contributed by atoms with Crippen molar-refractivity contribution in [3.63, 3.8) is 0 Å². The van der Waals surface area contributed by atoms with Gasteiger partial charge in [-0.2, -0.15) is 0 Å². The van der Waals surface area contributed by atoms with Gasteiger partial charge in [0, 0.05) is 50.7 Å². The maximum Gasteiger partial charge on any atom is 0.270 e. The molecule has 0 saturated carbocycles. The molecule has 1 fully saturated rings. The first-order valence-electron chi connectivity index (χ1n) is 8.58. The number of nitrogens with zero attached hydrogens (tertiary/aromatic N) is 3. The Bertz CT molecular complexity index is 812. The van der Waals surface area contributed by atoms with Crippen molar-refractivity contribution >= 4 is 28.7 Å². The fourth-order valence-electron chi connectivity index (χ4n) is 3.09. The molecular formula is C19H22N4O3. The van der Waals surface area contributed by atoms with Gasteiger partial charge in [-0.25, -0.2) is 0 Å². The highest BCUT2D eigenvalue weighted by molar-refractivity contribution is 6.08. The molecule has 0 radical (unpaired) electrons. The molecule has 1 heterocycles. The van der Waals surface area contributed by atoms with Crippen LogP contribution in [0.1, 0.15) is 23.2 Å². The smallest absolute Gasteiger partial charge is 0.270 e. The van der Waals surface area contributed by atoms with E-state index in [1.54, 1.807) is 6.07 Å². The molecule has 0 aliphatic carbocycles. The molecule has 0 bridgehead atoms. The van der Waals surface area contributed by atoms with Gasteiger partial charge in [-0.05, 0) is 43.2 Å². The molecule has 1 amide bonds. The molecule has 2 aromatic rings. The van der Waals surface area contributed by atoms with Crippen molar-refractivity contribution in [3.8, 4) is 0 Å². The summed E-state index contributed by atoms with van der Waals surface area (Å²) in [6.45, 7) is 1.71. The summed E-state index contributed by atoms with van der Waals surface area (Å²) in [5, 5.41) is 14.0. The van der Waals surface area contributed by atoms with Gasteiger partial charge in [0.15, 0.2) is 0 Å². The fourth-order valence-corrected chi connectivity index (χ4v) is 3.09. The van der Waals surface area contributed by atoms with Gasteiger partial charge in [0.1, 0.15) is 0 Å². The second-order valence-electron chi connectivity index (χ2n) is 6.55. The maximum absolute atomic E-state index is 12.8. The Morgan fingerprint density at radius 2 is 1.77 bits per heavy atom. The third kappa shape index (κ3) is 3.77. The molecule has 2 aromatic carbocycles. The summed E-state index contributed by atoms with van der Waals surface area (Å²) in [6.07, 6.45) is 2.12. The average molecular weight is 354 g/mol. The molecule has 7 heteroatoms. The van der Waals surface area contributed by atoms with Gasteiger partial charge >= 0.3 is 0 Å². The Morgan fingerprint density at radius 1 is 1.12 bits per heavy atom. The molecule has 136 valence electrons. The fraction of sp³-hybridized carbons (Fsp3) is 0.316. The van der Waals surface area contributed by atoms with Gasteiger partial charge in [-0.15, -0.1) is 0 Å². The quantitative estimate of drug-likeness (QED) is 0.656. The van der Waals surface area contributed by atoms with E-state index in [9.17, 15) is 14.9 Å². The van der Waals surface area contributed by atoms with E-state index in [1.807, 2.05) is 43.3 Å². The third-order valence-corrected chi connectivity index (χ3v) is 4.52. The zero-order chi connectivity index (χ0) is 18.7. The second kappa shape index (κ2) is 7.43. The average Bonchev–Trinajstić information content (AvgIpc) is 3.16. The number of amides is 1. The van der Waals surface area contributed by atoms with E-state index < -0.39 is 4.92 Å². The standard InChI is InChI=1S/C19H22N4O3/c1-21(2)15-7-5-14(6-8-15)20-19(24)17-13-16(23(25)26)9-10-18(17)22-11-3-4-12-22/h5-10,13H,3-4,11-12H2,1-2H3,(H,20,24). The van der Waals surface area contributed by atoms with Crippen molar-refractivity contribution in [2.45, 2.75) is 12.8 Å². The van der Waals surface area contributed by atoms with Crippen molar-refractivity contribution in [2.75, 3.05) is 42.3 Å². The molecule has 0 unspecified atom stereocenters. The lowest BCUT2D eigenvalue weighted by Crippen LogP contribution is -2.23. The number of nitro benzene ring substituents is 1. The maximum atomic E-state index is 12.8. The summed E-state index contributed by atoms with van der Waals surface area (Å²) in [6, 6.07) is 11.9. The number of anilines is 3. The van der Waals surface area contributed by atoms with Crippen LogP contribution >= 0.6 is 0 Å². The monoisotopic (exact) mass is 354 g/mol. The van der Waals surface area contributed by atoms with Crippen molar-refractivity contribution in [1.82, 2.24) is 0 Å². The van der Waals surface area contributed by atoms with Crippen LogP contribution in [0.2, 0.25) is 0 Å². The first-order valence-corrected chi connectivity index (χ1v) is 8.58. The van der Waals surface area contributed by atoms with Gasteiger partial charge in [-0.3, -0.25) is 14.9 Å². The Hall–Kier alpha value is -3.09. The van der Waals surface area contributed by atoms with Crippen LogP contribution in [0.15, 0.2) is 42.5 Å². The summed E-state index contributed by atoms with van der Waals surface area (Å²) in [5.41, 5.74) is 2.67. The molecule has 1 saturated heterocycles. The van der Waals surface area contributed by atoms with Crippen molar-refractivity contribution < 1.29 is 9.72 Å². The number of hydrogen-bond acceptors (Lipinski definition) is 5. The number of rotatable bonds is 5. The van der Waals surface area contributed by atoms with Crippen LogP contribution in [0.25, 0.3) is 0 Å². The van der Waals surface area contributed by atoms with Crippen LogP contribution in [0.5, 0.6) is 0 Å². The first-order chi connectivity index (χ1) is 12.5. The van der Waals surface area contributed by atoms with E-state index >= 15 is 0 Å². The minimum absolute atomic E-state index is 0.0824. The third-order valence-electron chi connectivity index (χ3n) is 4.52. The van der Waals surface area contributed by atoms with Crippen LogP contribution in [0.4, 0.5) is 22.7 Å². The van der Waals surface area contributed by atoms with E-state index in [1.165, 1.54) is 12.1 Å². The minimum Gasteiger partial charge on any atom is -0.378 e. The van der Waals surface area contributed by atoms with Gasteiger partial charge in [0.05, 0.1) is 16.2 Å². The van der Waals surface area contributed by atoms with Gasteiger partial charge < -0.3 is 15.1 Å². The summed E-state index contributed by atoms with van der Waals surface area (Å²) in [7, 11) is 3.89. The number of non-ortho nitro benzene ring substituents is 1.